The Morgan fingerprint density at radius 1 is 0.607 bits per heavy atom. The lowest BCUT2D eigenvalue weighted by Gasteiger charge is -2.10. The van der Waals surface area contributed by atoms with E-state index in [9.17, 15) is 4.79 Å². The van der Waals surface area contributed by atoms with Crippen LogP contribution in [-0.2, 0) is 38.0 Å². The molecule has 0 radical (unpaired) electrons. The molecule has 0 unspecified atom stereocenters. The Morgan fingerprint density at radius 2 is 0.929 bits per heavy atom. The predicted molar refractivity (Wildman–Crippen MR) is 103 cm³/mol. The molecule has 0 aromatic carbocycles. The van der Waals surface area contributed by atoms with Crippen molar-refractivity contribution in [2.24, 2.45) is 0 Å². The van der Waals surface area contributed by atoms with Crippen LogP contribution in [0.4, 0.5) is 0 Å². The van der Waals surface area contributed by atoms with E-state index in [0.29, 0.717) is 99.2 Å². The van der Waals surface area contributed by atoms with Gasteiger partial charge in [0.25, 0.3) is 0 Å². The molecule has 0 saturated carbocycles. The molecule has 10 heteroatoms. The number of amides is 1. The van der Waals surface area contributed by atoms with Crippen LogP contribution in [0, 0.1) is 0 Å². The summed E-state index contributed by atoms with van der Waals surface area (Å²) in [6.07, 6.45) is 0.773. The molecule has 168 valence electrons. The van der Waals surface area contributed by atoms with E-state index >= 15 is 0 Å². The van der Waals surface area contributed by atoms with Crippen molar-refractivity contribution < 1.29 is 38.0 Å². The molecule has 0 atom stereocenters. The van der Waals surface area contributed by atoms with Crippen molar-refractivity contribution in [1.82, 2.24) is 10.2 Å². The van der Waals surface area contributed by atoms with Gasteiger partial charge in [0.1, 0.15) is 0 Å². The molecule has 0 aliphatic rings. The number of nitrogens with one attached hydrogen (secondary N) is 1. The molecule has 0 heterocycles. The standard InChI is InChI=1S/C18H38N2O8/c1-19-17-28-16-15-27-14-13-26-12-11-25-10-9-24-8-7-23-6-5-22-4-3-20(2)18-21/h18-19H,3-17H2,1-2H3. The number of ether oxygens (including phenoxy) is 7. The summed E-state index contributed by atoms with van der Waals surface area (Å²) < 4.78 is 37.4. The Morgan fingerprint density at radius 3 is 1.25 bits per heavy atom. The SMILES string of the molecule is CNCOCCOCCOCCOCCOCCOCCOCCN(C)C=O. The van der Waals surface area contributed by atoms with Crippen LogP contribution in [-0.4, -0.2) is 125 Å². The molecule has 28 heavy (non-hydrogen) atoms. The second kappa shape index (κ2) is 24.2. The fourth-order valence-electron chi connectivity index (χ4n) is 1.75. The topological polar surface area (TPSA) is 97.0 Å². The van der Waals surface area contributed by atoms with Gasteiger partial charge < -0.3 is 38.1 Å². The van der Waals surface area contributed by atoms with Crippen LogP contribution < -0.4 is 5.32 Å². The molecule has 0 aromatic rings. The van der Waals surface area contributed by atoms with E-state index in [0.717, 1.165) is 6.41 Å². The molecule has 0 aromatic heterocycles. The summed E-state index contributed by atoms with van der Waals surface area (Å²) >= 11 is 0. The number of likely N-dealkylation sites (N-methyl/N-ethyl adjacent to an activating group) is 1. The van der Waals surface area contributed by atoms with Crippen molar-refractivity contribution in [3.8, 4) is 0 Å². The van der Waals surface area contributed by atoms with Crippen LogP contribution >= 0.6 is 0 Å². The highest BCUT2D eigenvalue weighted by Gasteiger charge is 1.95. The first-order chi connectivity index (χ1) is 13.8. The average Bonchev–Trinajstić information content (AvgIpc) is 2.71. The van der Waals surface area contributed by atoms with Crippen molar-refractivity contribution in [2.75, 3.05) is 113 Å². The highest BCUT2D eigenvalue weighted by Crippen LogP contribution is 1.85. The lowest BCUT2D eigenvalue weighted by Crippen LogP contribution is -2.22. The number of hydrogen-bond acceptors (Lipinski definition) is 9. The monoisotopic (exact) mass is 410 g/mol. The summed E-state index contributed by atoms with van der Waals surface area (Å²) in [4.78, 5) is 11.9. The highest BCUT2D eigenvalue weighted by molar-refractivity contribution is 5.46. The second-order valence-electron chi connectivity index (χ2n) is 5.67. The van der Waals surface area contributed by atoms with E-state index in [1.54, 1.807) is 7.05 Å². The first-order valence-electron chi connectivity index (χ1n) is 9.65. The molecule has 0 aliphatic carbocycles. The Hall–Kier alpha value is -0.850. The summed E-state index contributed by atoms with van der Waals surface area (Å²) in [6, 6.07) is 0. The zero-order chi connectivity index (χ0) is 20.5. The van der Waals surface area contributed by atoms with E-state index < -0.39 is 0 Å². The number of rotatable bonds is 24. The van der Waals surface area contributed by atoms with Gasteiger partial charge in [0.05, 0.1) is 92.6 Å². The normalized spacial score (nSPS) is 11.1. The van der Waals surface area contributed by atoms with Gasteiger partial charge in [-0.1, -0.05) is 0 Å². The van der Waals surface area contributed by atoms with Gasteiger partial charge in [-0.2, -0.15) is 0 Å². The molecule has 0 saturated heterocycles. The lowest BCUT2D eigenvalue weighted by atomic mass is 10.6. The Balaban J connectivity index is 3.00. The molecule has 1 amide bonds. The zero-order valence-electron chi connectivity index (χ0n) is 17.4. The quantitative estimate of drug-likeness (QED) is 0.127. The van der Waals surface area contributed by atoms with Crippen LogP contribution in [0.15, 0.2) is 0 Å². The van der Waals surface area contributed by atoms with E-state index in [4.69, 9.17) is 33.2 Å². The number of carbonyl (C=O) groups excluding carboxylic acids is 1. The van der Waals surface area contributed by atoms with Crippen molar-refractivity contribution in [1.29, 1.82) is 0 Å². The minimum atomic E-state index is 0.505. The summed E-state index contributed by atoms with van der Waals surface area (Å²) in [6.45, 7) is 8.00. The third kappa shape index (κ3) is 23.2. The highest BCUT2D eigenvalue weighted by atomic mass is 16.6. The van der Waals surface area contributed by atoms with Crippen molar-refractivity contribution in [3.63, 3.8) is 0 Å². The minimum absolute atomic E-state index is 0.505. The van der Waals surface area contributed by atoms with Crippen LogP contribution in [0.5, 0.6) is 0 Å². The van der Waals surface area contributed by atoms with Crippen LogP contribution in [0.25, 0.3) is 0 Å². The van der Waals surface area contributed by atoms with Gasteiger partial charge in [0.15, 0.2) is 0 Å². The fourth-order valence-corrected chi connectivity index (χ4v) is 1.75. The van der Waals surface area contributed by atoms with E-state index in [2.05, 4.69) is 5.32 Å². The largest absolute Gasteiger partial charge is 0.377 e. The minimum Gasteiger partial charge on any atom is -0.377 e. The molecule has 0 rings (SSSR count). The Kier molecular flexibility index (Phi) is 23.5. The average molecular weight is 411 g/mol. The fraction of sp³-hybridized carbons (Fsp3) is 0.944. The van der Waals surface area contributed by atoms with E-state index in [-0.39, 0.29) is 0 Å². The van der Waals surface area contributed by atoms with Gasteiger partial charge in [-0.3, -0.25) is 10.1 Å². The van der Waals surface area contributed by atoms with Crippen molar-refractivity contribution in [2.45, 2.75) is 0 Å². The molecule has 0 bridgehead atoms. The maximum absolute atomic E-state index is 10.4. The predicted octanol–water partition coefficient (Wildman–Crippen LogP) is -0.632. The second-order valence-corrected chi connectivity index (χ2v) is 5.67. The van der Waals surface area contributed by atoms with Crippen molar-refractivity contribution >= 4 is 6.41 Å². The van der Waals surface area contributed by atoms with Gasteiger partial charge in [-0.15, -0.1) is 0 Å². The lowest BCUT2D eigenvalue weighted by molar-refractivity contribution is -0.117. The molecule has 1 N–H and O–H groups in total. The number of hydrogen-bond donors (Lipinski definition) is 1. The third-order valence-electron chi connectivity index (χ3n) is 3.25. The number of nitrogens with zero attached hydrogens (tertiary/aromatic N) is 1. The number of carbonyl (C=O) groups is 1. The Labute approximate surface area is 168 Å². The first kappa shape index (κ1) is 27.1. The maximum atomic E-state index is 10.4. The van der Waals surface area contributed by atoms with E-state index in [1.165, 1.54) is 4.90 Å². The van der Waals surface area contributed by atoms with Crippen LogP contribution in [0.1, 0.15) is 0 Å². The molecule has 0 aliphatic heterocycles. The molecular weight excluding hydrogens is 372 g/mol. The van der Waals surface area contributed by atoms with E-state index in [1.807, 2.05) is 7.05 Å². The third-order valence-corrected chi connectivity index (χ3v) is 3.25. The smallest absolute Gasteiger partial charge is 0.209 e. The van der Waals surface area contributed by atoms with Gasteiger partial charge in [-0.25, -0.2) is 0 Å². The first-order valence-corrected chi connectivity index (χ1v) is 9.65. The summed E-state index contributed by atoms with van der Waals surface area (Å²) in [5.74, 6) is 0. The zero-order valence-corrected chi connectivity index (χ0v) is 17.4. The molecule has 0 spiro atoms. The van der Waals surface area contributed by atoms with Gasteiger partial charge in [-0.05, 0) is 7.05 Å². The summed E-state index contributed by atoms with van der Waals surface area (Å²) in [7, 11) is 3.54. The summed E-state index contributed by atoms with van der Waals surface area (Å²) in [5.41, 5.74) is 0. The maximum Gasteiger partial charge on any atom is 0.209 e. The van der Waals surface area contributed by atoms with Gasteiger partial charge in [0, 0.05) is 13.6 Å². The molecule has 10 nitrogen and oxygen atoms in total. The van der Waals surface area contributed by atoms with Crippen LogP contribution in [0.3, 0.4) is 0 Å². The van der Waals surface area contributed by atoms with Gasteiger partial charge >= 0.3 is 0 Å². The molecule has 0 fully saturated rings. The van der Waals surface area contributed by atoms with Gasteiger partial charge in [0.2, 0.25) is 6.41 Å². The molecular formula is C18H38N2O8. The summed E-state index contributed by atoms with van der Waals surface area (Å²) in [5, 5.41) is 2.89. The Bertz CT molecular complexity index is 313. The van der Waals surface area contributed by atoms with Crippen molar-refractivity contribution in [3.05, 3.63) is 0 Å². The van der Waals surface area contributed by atoms with Crippen LogP contribution in [0.2, 0.25) is 0 Å².